The fourth-order valence-electron chi connectivity index (χ4n) is 10.7. The van der Waals surface area contributed by atoms with Crippen molar-refractivity contribution in [3.63, 3.8) is 0 Å². The standard InChI is InChI=1S/C67H49N/c1-67(2)64-32-13-11-28-62(64)63-31-17-30-61(66(63)67)50-36-40-57(41-37-50)68(65-33-14-12-27-60(65)52-25-15-24-51(42-52)59-29-16-23-49-22-9-10-26-58(49)59)56-38-34-48(35-39-56)55-44-53(46-18-5-3-6-19-46)43-54(45-55)47-20-7-4-8-21-47/h3-45H,1-2H3. The molecule has 322 valence electrons. The predicted octanol–water partition coefficient (Wildman–Crippen LogP) is 18.6. The van der Waals surface area contributed by atoms with Gasteiger partial charge in [0.15, 0.2) is 0 Å². The van der Waals surface area contributed by atoms with Crippen molar-refractivity contribution in [2.75, 3.05) is 4.90 Å². The highest BCUT2D eigenvalue weighted by molar-refractivity contribution is 5.98. The van der Waals surface area contributed by atoms with E-state index < -0.39 is 0 Å². The van der Waals surface area contributed by atoms with Crippen LogP contribution in [0.4, 0.5) is 17.1 Å². The van der Waals surface area contributed by atoms with E-state index in [9.17, 15) is 0 Å². The van der Waals surface area contributed by atoms with Crippen molar-refractivity contribution in [1.82, 2.24) is 0 Å². The van der Waals surface area contributed by atoms with Crippen LogP contribution in [-0.4, -0.2) is 0 Å². The molecule has 0 fully saturated rings. The van der Waals surface area contributed by atoms with Gasteiger partial charge in [0.05, 0.1) is 5.69 Å². The zero-order valence-electron chi connectivity index (χ0n) is 38.3. The van der Waals surface area contributed by atoms with Crippen molar-refractivity contribution in [1.29, 1.82) is 0 Å². The lowest BCUT2D eigenvalue weighted by Gasteiger charge is -2.29. The molecule has 11 aromatic rings. The van der Waals surface area contributed by atoms with Gasteiger partial charge in [0.2, 0.25) is 0 Å². The third-order valence-corrected chi connectivity index (χ3v) is 14.0. The van der Waals surface area contributed by atoms with Crippen molar-refractivity contribution >= 4 is 27.8 Å². The van der Waals surface area contributed by atoms with E-state index >= 15 is 0 Å². The predicted molar refractivity (Wildman–Crippen MR) is 289 cm³/mol. The van der Waals surface area contributed by atoms with E-state index in [2.05, 4.69) is 280 Å². The zero-order chi connectivity index (χ0) is 45.6. The maximum atomic E-state index is 2.43. The summed E-state index contributed by atoms with van der Waals surface area (Å²) >= 11 is 0. The van der Waals surface area contributed by atoms with Gasteiger partial charge in [-0.05, 0) is 149 Å². The van der Waals surface area contributed by atoms with Gasteiger partial charge in [-0.15, -0.1) is 0 Å². The molecule has 1 aliphatic rings. The molecule has 0 unspecified atom stereocenters. The number of hydrogen-bond acceptors (Lipinski definition) is 1. The van der Waals surface area contributed by atoms with Gasteiger partial charge in [-0.3, -0.25) is 0 Å². The molecule has 0 saturated heterocycles. The molecule has 0 saturated carbocycles. The van der Waals surface area contributed by atoms with E-state index in [-0.39, 0.29) is 5.41 Å². The minimum atomic E-state index is -0.114. The number of para-hydroxylation sites is 1. The summed E-state index contributed by atoms with van der Waals surface area (Å²) in [5, 5.41) is 2.49. The van der Waals surface area contributed by atoms with Crippen molar-refractivity contribution < 1.29 is 0 Å². The van der Waals surface area contributed by atoms with Crippen LogP contribution in [-0.2, 0) is 5.41 Å². The Morgan fingerprint density at radius 1 is 0.279 bits per heavy atom. The quantitative estimate of drug-likeness (QED) is 0.140. The van der Waals surface area contributed by atoms with Gasteiger partial charge in [-0.25, -0.2) is 0 Å². The molecular formula is C67H49N. The summed E-state index contributed by atoms with van der Waals surface area (Å²) in [6.45, 7) is 4.74. The summed E-state index contributed by atoms with van der Waals surface area (Å²) in [5.74, 6) is 0. The molecule has 0 aliphatic heterocycles. The molecule has 0 atom stereocenters. The average Bonchev–Trinajstić information content (AvgIpc) is 3.65. The molecule has 68 heavy (non-hydrogen) atoms. The van der Waals surface area contributed by atoms with Gasteiger partial charge in [0.1, 0.15) is 0 Å². The molecule has 12 rings (SSSR count). The van der Waals surface area contributed by atoms with Crippen LogP contribution < -0.4 is 4.90 Å². The normalized spacial score (nSPS) is 12.4. The Morgan fingerprint density at radius 3 is 1.38 bits per heavy atom. The molecule has 0 N–H and O–H groups in total. The van der Waals surface area contributed by atoms with Crippen LogP contribution in [0.5, 0.6) is 0 Å². The van der Waals surface area contributed by atoms with Gasteiger partial charge in [-0.2, -0.15) is 0 Å². The molecule has 1 aliphatic carbocycles. The van der Waals surface area contributed by atoms with Gasteiger partial charge >= 0.3 is 0 Å². The average molecular weight is 868 g/mol. The Kier molecular flexibility index (Phi) is 10.3. The summed E-state index contributed by atoms with van der Waals surface area (Å²) in [7, 11) is 0. The largest absolute Gasteiger partial charge is 0.310 e. The van der Waals surface area contributed by atoms with Gasteiger partial charge < -0.3 is 4.90 Å². The number of anilines is 3. The summed E-state index contributed by atoms with van der Waals surface area (Å²) in [6, 6.07) is 95.6. The molecule has 1 heteroatoms. The molecule has 0 heterocycles. The third-order valence-electron chi connectivity index (χ3n) is 14.0. The van der Waals surface area contributed by atoms with Gasteiger partial charge in [0.25, 0.3) is 0 Å². The van der Waals surface area contributed by atoms with Gasteiger partial charge in [-0.1, -0.05) is 220 Å². The summed E-state index contributed by atoms with van der Waals surface area (Å²) in [4.78, 5) is 2.43. The maximum absolute atomic E-state index is 2.43. The highest BCUT2D eigenvalue weighted by atomic mass is 15.1. The minimum absolute atomic E-state index is 0.114. The van der Waals surface area contributed by atoms with Crippen LogP contribution in [0, 0.1) is 0 Å². The molecular weight excluding hydrogens is 819 g/mol. The first-order chi connectivity index (χ1) is 33.5. The smallest absolute Gasteiger partial charge is 0.0540 e. The van der Waals surface area contributed by atoms with Crippen molar-refractivity contribution in [2.24, 2.45) is 0 Å². The summed E-state index contributed by atoms with van der Waals surface area (Å²) < 4.78 is 0. The SMILES string of the molecule is CC1(C)c2ccccc2-c2cccc(-c3ccc(N(c4ccc(-c5cc(-c6ccccc6)cc(-c6ccccc6)c5)cc4)c4ccccc4-c4cccc(-c5cccc6ccccc56)c4)cc3)c21. The monoisotopic (exact) mass is 867 g/mol. The number of fused-ring (bicyclic) bond motifs is 4. The Balaban J connectivity index is 0.985. The van der Waals surface area contributed by atoms with Gasteiger partial charge in [0, 0.05) is 22.4 Å². The fourth-order valence-corrected chi connectivity index (χ4v) is 10.7. The molecule has 0 amide bonds. The third kappa shape index (κ3) is 7.30. The zero-order valence-corrected chi connectivity index (χ0v) is 38.3. The highest BCUT2D eigenvalue weighted by Crippen LogP contribution is 2.52. The fraction of sp³-hybridized carbons (Fsp3) is 0.0448. The van der Waals surface area contributed by atoms with E-state index in [4.69, 9.17) is 0 Å². The van der Waals surface area contributed by atoms with E-state index in [1.54, 1.807) is 0 Å². The molecule has 1 nitrogen and oxygen atoms in total. The van der Waals surface area contributed by atoms with Crippen molar-refractivity contribution in [3.8, 4) is 77.9 Å². The van der Waals surface area contributed by atoms with Crippen LogP contribution in [0.2, 0.25) is 0 Å². The number of benzene rings is 11. The highest BCUT2D eigenvalue weighted by Gasteiger charge is 2.37. The lowest BCUT2D eigenvalue weighted by atomic mass is 9.79. The molecule has 0 radical (unpaired) electrons. The Labute approximate surface area is 399 Å². The summed E-state index contributed by atoms with van der Waals surface area (Å²) in [5.41, 5.74) is 23.0. The molecule has 0 spiro atoms. The van der Waals surface area contributed by atoms with Crippen LogP contribution in [0.1, 0.15) is 25.0 Å². The first kappa shape index (κ1) is 40.9. The molecule has 0 aromatic heterocycles. The number of nitrogens with zero attached hydrogens (tertiary/aromatic N) is 1. The van der Waals surface area contributed by atoms with E-state index in [0.717, 1.165) is 33.8 Å². The van der Waals surface area contributed by atoms with Crippen molar-refractivity contribution in [2.45, 2.75) is 19.3 Å². The minimum Gasteiger partial charge on any atom is -0.310 e. The first-order valence-corrected chi connectivity index (χ1v) is 23.7. The molecule has 0 bridgehead atoms. The second-order valence-corrected chi connectivity index (χ2v) is 18.5. The van der Waals surface area contributed by atoms with Crippen LogP contribution in [0.25, 0.3) is 88.7 Å². The number of hydrogen-bond donors (Lipinski definition) is 0. The summed E-state index contributed by atoms with van der Waals surface area (Å²) in [6.07, 6.45) is 0. The second kappa shape index (κ2) is 17.0. The maximum Gasteiger partial charge on any atom is 0.0540 e. The van der Waals surface area contributed by atoms with Crippen LogP contribution in [0.3, 0.4) is 0 Å². The Morgan fingerprint density at radius 2 is 0.706 bits per heavy atom. The van der Waals surface area contributed by atoms with Crippen LogP contribution >= 0.6 is 0 Å². The molecule has 11 aromatic carbocycles. The second-order valence-electron chi connectivity index (χ2n) is 18.5. The van der Waals surface area contributed by atoms with Crippen LogP contribution in [0.15, 0.2) is 261 Å². The Hall–Kier alpha value is -8.52. The first-order valence-electron chi connectivity index (χ1n) is 23.7. The Bertz CT molecular complexity index is 3560. The van der Waals surface area contributed by atoms with E-state index in [1.807, 2.05) is 0 Å². The lowest BCUT2D eigenvalue weighted by molar-refractivity contribution is 0.662. The van der Waals surface area contributed by atoms with E-state index in [0.29, 0.717) is 0 Å². The van der Waals surface area contributed by atoms with Crippen molar-refractivity contribution in [3.05, 3.63) is 272 Å². The number of rotatable bonds is 9. The topological polar surface area (TPSA) is 3.24 Å². The van der Waals surface area contributed by atoms with E-state index in [1.165, 1.54) is 83.1 Å². The lowest BCUT2D eigenvalue weighted by Crippen LogP contribution is -2.16.